The van der Waals surface area contributed by atoms with Crippen LogP contribution in [0.2, 0.25) is 13.3 Å². The summed E-state index contributed by atoms with van der Waals surface area (Å²) in [5, 5.41) is 8.85. The van der Waals surface area contributed by atoms with Crippen molar-refractivity contribution in [3.63, 3.8) is 0 Å². The molecule has 1 aromatic carbocycles. The van der Waals surface area contributed by atoms with E-state index in [1.807, 2.05) is 6.07 Å². The van der Waals surface area contributed by atoms with E-state index in [4.69, 9.17) is 4.74 Å². The van der Waals surface area contributed by atoms with Gasteiger partial charge in [-0.15, -0.1) is 0 Å². The van der Waals surface area contributed by atoms with Crippen LogP contribution in [0.3, 0.4) is 0 Å². The van der Waals surface area contributed by atoms with E-state index < -0.39 is 18.4 Å². The molecule has 0 fully saturated rings. The van der Waals surface area contributed by atoms with Crippen LogP contribution >= 0.6 is 0 Å². The van der Waals surface area contributed by atoms with Gasteiger partial charge in [-0.1, -0.05) is 0 Å². The first-order valence-electron chi connectivity index (χ1n) is 11.3. The van der Waals surface area contributed by atoms with Crippen LogP contribution in [0.5, 0.6) is 0 Å². The van der Waals surface area contributed by atoms with Crippen LogP contribution in [0.1, 0.15) is 64.9 Å². The number of hydrogen-bond donors (Lipinski definition) is 0. The molecule has 0 spiro atoms. The van der Waals surface area contributed by atoms with Gasteiger partial charge in [-0.05, 0) is 0 Å². The van der Waals surface area contributed by atoms with Gasteiger partial charge in [0.1, 0.15) is 0 Å². The predicted molar refractivity (Wildman–Crippen MR) is 121 cm³/mol. The number of aromatic nitrogens is 3. The summed E-state index contributed by atoms with van der Waals surface area (Å²) in [6.07, 6.45) is 10.1. The Morgan fingerprint density at radius 3 is 2.07 bits per heavy atom. The summed E-state index contributed by atoms with van der Waals surface area (Å²) in [7, 11) is 0. The topological polar surface area (TPSA) is 39.9 Å². The summed E-state index contributed by atoms with van der Waals surface area (Å²) in [5.74, 6) is 0. The first-order chi connectivity index (χ1) is 13.8. The summed E-state index contributed by atoms with van der Waals surface area (Å²) in [6, 6.07) is 10.4. The molecule has 2 rings (SSSR count). The SMILES string of the molecule is CCC[CH2][Sn]([CH2]CCC)([CH2]CCC)[c]1cnnn1CCOCc1ccccc1. The zero-order chi connectivity index (χ0) is 20.1. The Morgan fingerprint density at radius 2 is 1.50 bits per heavy atom. The Labute approximate surface area is 175 Å². The zero-order valence-corrected chi connectivity index (χ0v) is 21.1. The van der Waals surface area contributed by atoms with E-state index >= 15 is 0 Å². The molecule has 0 N–H and O–H groups in total. The van der Waals surface area contributed by atoms with Crippen molar-refractivity contribution in [3.8, 4) is 0 Å². The quantitative estimate of drug-likeness (QED) is 0.242. The molecule has 0 radical (unpaired) electrons. The minimum atomic E-state index is -2.48. The van der Waals surface area contributed by atoms with Crippen LogP contribution in [-0.4, -0.2) is 40.0 Å². The summed E-state index contributed by atoms with van der Waals surface area (Å²) in [6.45, 7) is 9.16. The molecule has 0 bridgehead atoms. The van der Waals surface area contributed by atoms with E-state index in [1.54, 1.807) is 0 Å². The zero-order valence-electron chi connectivity index (χ0n) is 18.2. The molecule has 0 saturated carbocycles. The average Bonchev–Trinajstić information content (AvgIpc) is 3.21. The van der Waals surface area contributed by atoms with Crippen molar-refractivity contribution in [3.05, 3.63) is 42.1 Å². The fourth-order valence-corrected chi connectivity index (χ4v) is 20.2. The molecule has 1 heterocycles. The number of hydrogen-bond acceptors (Lipinski definition) is 3. The molecule has 0 saturated heterocycles. The molecule has 0 atom stereocenters. The number of benzene rings is 1. The first-order valence-corrected chi connectivity index (χ1v) is 18.7. The van der Waals surface area contributed by atoms with Crippen LogP contribution < -0.4 is 3.71 Å². The van der Waals surface area contributed by atoms with Crippen molar-refractivity contribution in [2.75, 3.05) is 6.61 Å². The van der Waals surface area contributed by atoms with Crippen molar-refractivity contribution in [1.29, 1.82) is 0 Å². The third-order valence-corrected chi connectivity index (χ3v) is 21.2. The number of nitrogens with zero attached hydrogens (tertiary/aromatic N) is 3. The maximum absolute atomic E-state index is 5.94. The first kappa shape index (κ1) is 23.4. The predicted octanol–water partition coefficient (Wildman–Crippen LogP) is 5.55. The molecule has 2 aromatic rings. The Morgan fingerprint density at radius 1 is 0.893 bits per heavy atom. The fraction of sp³-hybridized carbons (Fsp3) is 0.652. The van der Waals surface area contributed by atoms with Gasteiger partial charge in [-0.2, -0.15) is 0 Å². The van der Waals surface area contributed by atoms with Gasteiger partial charge in [0, 0.05) is 0 Å². The monoisotopic (exact) mass is 493 g/mol. The van der Waals surface area contributed by atoms with Gasteiger partial charge in [0.2, 0.25) is 0 Å². The van der Waals surface area contributed by atoms with E-state index in [0.29, 0.717) is 13.2 Å². The molecular weight excluding hydrogens is 453 g/mol. The molecule has 0 unspecified atom stereocenters. The van der Waals surface area contributed by atoms with Crippen molar-refractivity contribution in [1.82, 2.24) is 15.0 Å². The van der Waals surface area contributed by atoms with Crippen molar-refractivity contribution >= 4 is 22.1 Å². The van der Waals surface area contributed by atoms with Crippen LogP contribution in [0, 0.1) is 0 Å². The molecule has 28 heavy (non-hydrogen) atoms. The normalized spacial score (nSPS) is 11.8. The van der Waals surface area contributed by atoms with E-state index in [-0.39, 0.29) is 0 Å². The van der Waals surface area contributed by atoms with Crippen LogP contribution in [0.15, 0.2) is 36.5 Å². The van der Waals surface area contributed by atoms with Gasteiger partial charge in [0.25, 0.3) is 0 Å². The Balaban J connectivity index is 2.06. The van der Waals surface area contributed by atoms with Gasteiger partial charge in [-0.25, -0.2) is 0 Å². The molecule has 156 valence electrons. The standard InChI is InChI=1S/C11H12N3O.3C4H9.Sn/c1-2-4-11(5-3-1)10-15-9-8-14-7-6-12-13-14;3*1-3-4-2;/h1-6H,8-10H2;3*1,3-4H2,2H3;. The average molecular weight is 492 g/mol. The van der Waals surface area contributed by atoms with Gasteiger partial charge in [-0.3, -0.25) is 0 Å². The van der Waals surface area contributed by atoms with Crippen molar-refractivity contribution in [2.24, 2.45) is 0 Å². The second kappa shape index (κ2) is 13.4. The molecule has 5 heteroatoms. The van der Waals surface area contributed by atoms with Gasteiger partial charge < -0.3 is 0 Å². The fourth-order valence-electron chi connectivity index (χ4n) is 4.05. The minimum absolute atomic E-state index is 0.667. The van der Waals surface area contributed by atoms with E-state index in [2.05, 4.69) is 66.2 Å². The Kier molecular flexibility index (Phi) is 11.2. The molecular formula is C23H39N3OSn. The van der Waals surface area contributed by atoms with Crippen LogP contribution in [-0.2, 0) is 17.9 Å². The van der Waals surface area contributed by atoms with Crippen LogP contribution in [0.25, 0.3) is 0 Å². The summed E-state index contributed by atoms with van der Waals surface area (Å²) >= 11 is -2.48. The third kappa shape index (κ3) is 7.18. The van der Waals surface area contributed by atoms with E-state index in [0.717, 1.165) is 6.54 Å². The molecule has 0 aliphatic rings. The number of rotatable bonds is 15. The molecule has 4 nitrogen and oxygen atoms in total. The van der Waals surface area contributed by atoms with Gasteiger partial charge in [0.05, 0.1) is 0 Å². The summed E-state index contributed by atoms with van der Waals surface area (Å²) < 4.78 is 14.0. The van der Waals surface area contributed by atoms with Gasteiger partial charge >= 0.3 is 176 Å². The summed E-state index contributed by atoms with van der Waals surface area (Å²) in [4.78, 5) is 0. The van der Waals surface area contributed by atoms with Crippen molar-refractivity contribution in [2.45, 2.75) is 85.8 Å². The molecule has 0 aliphatic heterocycles. The number of unbranched alkanes of at least 4 members (excludes halogenated alkanes) is 3. The third-order valence-electron chi connectivity index (χ3n) is 5.75. The second-order valence-corrected chi connectivity index (χ2v) is 21.0. The van der Waals surface area contributed by atoms with Crippen molar-refractivity contribution < 1.29 is 4.74 Å². The molecule has 0 aliphatic carbocycles. The summed E-state index contributed by atoms with van der Waals surface area (Å²) in [5.41, 5.74) is 1.23. The van der Waals surface area contributed by atoms with Crippen LogP contribution in [0.4, 0.5) is 0 Å². The van der Waals surface area contributed by atoms with E-state index in [9.17, 15) is 0 Å². The van der Waals surface area contributed by atoms with E-state index in [1.165, 1.54) is 61.1 Å². The molecule has 0 amide bonds. The second-order valence-electron chi connectivity index (χ2n) is 7.97. The maximum atomic E-state index is 5.94. The Hall–Kier alpha value is -0.881. The number of ether oxygens (including phenoxy) is 1. The molecule has 1 aromatic heterocycles. The Bertz CT molecular complexity index is 623. The van der Waals surface area contributed by atoms with Gasteiger partial charge in [0.15, 0.2) is 0 Å².